The highest BCUT2D eigenvalue weighted by molar-refractivity contribution is 9.10. The molecule has 0 aliphatic rings. The smallest absolute Gasteiger partial charge is 0.358 e. The van der Waals surface area contributed by atoms with E-state index in [0.29, 0.717) is 12.1 Å². The molecule has 0 saturated heterocycles. The number of hydrogen-bond acceptors (Lipinski definition) is 3. The number of carboxylic acid groups (broad SMARTS) is 1. The fourth-order valence-corrected chi connectivity index (χ4v) is 2.14. The SMILES string of the molecule is CCc1c(C(=O)O)nnn1-c1cc(Br)ccc1C. The number of rotatable bonds is 3. The van der Waals surface area contributed by atoms with E-state index in [0.717, 1.165) is 15.7 Å². The van der Waals surface area contributed by atoms with Crippen molar-refractivity contribution in [3.63, 3.8) is 0 Å². The lowest BCUT2D eigenvalue weighted by atomic mass is 10.2. The van der Waals surface area contributed by atoms with Crippen LogP contribution in [0.1, 0.15) is 28.7 Å². The van der Waals surface area contributed by atoms with E-state index in [-0.39, 0.29) is 5.69 Å². The van der Waals surface area contributed by atoms with Gasteiger partial charge < -0.3 is 5.11 Å². The van der Waals surface area contributed by atoms with Gasteiger partial charge in [-0.05, 0) is 31.0 Å². The Bertz CT molecular complexity index is 607. The van der Waals surface area contributed by atoms with Crippen molar-refractivity contribution >= 4 is 21.9 Å². The van der Waals surface area contributed by atoms with Gasteiger partial charge in [0.05, 0.1) is 11.4 Å². The number of hydrogen-bond donors (Lipinski definition) is 1. The Morgan fingerprint density at radius 1 is 1.50 bits per heavy atom. The number of nitrogens with zero attached hydrogens (tertiary/aromatic N) is 3. The van der Waals surface area contributed by atoms with Crippen LogP contribution in [-0.4, -0.2) is 26.1 Å². The van der Waals surface area contributed by atoms with Gasteiger partial charge in [0.25, 0.3) is 0 Å². The molecule has 0 bridgehead atoms. The lowest BCUT2D eigenvalue weighted by Crippen LogP contribution is -2.07. The Hall–Kier alpha value is -1.69. The van der Waals surface area contributed by atoms with Crippen LogP contribution in [0.5, 0.6) is 0 Å². The second kappa shape index (κ2) is 4.89. The van der Waals surface area contributed by atoms with Gasteiger partial charge in [0.2, 0.25) is 0 Å². The van der Waals surface area contributed by atoms with Crippen molar-refractivity contribution in [1.82, 2.24) is 15.0 Å². The number of benzene rings is 1. The van der Waals surface area contributed by atoms with Crippen LogP contribution < -0.4 is 0 Å². The van der Waals surface area contributed by atoms with E-state index in [1.54, 1.807) is 4.68 Å². The summed E-state index contributed by atoms with van der Waals surface area (Å²) >= 11 is 3.40. The third-order valence-electron chi connectivity index (χ3n) is 2.70. The van der Waals surface area contributed by atoms with Gasteiger partial charge in [-0.3, -0.25) is 0 Å². The number of carbonyl (C=O) groups is 1. The van der Waals surface area contributed by atoms with Gasteiger partial charge >= 0.3 is 5.97 Å². The monoisotopic (exact) mass is 309 g/mol. The first-order valence-corrected chi connectivity index (χ1v) is 6.28. The largest absolute Gasteiger partial charge is 0.476 e. The zero-order valence-electron chi connectivity index (χ0n) is 10.0. The molecule has 0 amide bonds. The molecule has 6 heteroatoms. The maximum atomic E-state index is 11.1. The summed E-state index contributed by atoms with van der Waals surface area (Å²) in [7, 11) is 0. The minimum absolute atomic E-state index is 0.0110. The van der Waals surface area contributed by atoms with Crippen LogP contribution in [0, 0.1) is 6.92 Å². The third kappa shape index (κ3) is 2.15. The van der Waals surface area contributed by atoms with E-state index in [4.69, 9.17) is 5.11 Å². The zero-order valence-corrected chi connectivity index (χ0v) is 11.6. The molecule has 94 valence electrons. The van der Waals surface area contributed by atoms with Gasteiger partial charge in [-0.1, -0.05) is 34.1 Å². The molecule has 2 rings (SSSR count). The number of aromatic carboxylic acids is 1. The molecule has 2 aromatic rings. The Balaban J connectivity index is 2.64. The molecule has 5 nitrogen and oxygen atoms in total. The quantitative estimate of drug-likeness (QED) is 0.946. The van der Waals surface area contributed by atoms with Crippen LogP contribution in [-0.2, 0) is 6.42 Å². The molecule has 0 radical (unpaired) electrons. The van der Waals surface area contributed by atoms with Crippen molar-refractivity contribution in [2.45, 2.75) is 20.3 Å². The first-order chi connectivity index (χ1) is 8.54. The minimum atomic E-state index is -1.05. The summed E-state index contributed by atoms with van der Waals surface area (Å²) in [5.41, 5.74) is 2.46. The van der Waals surface area contributed by atoms with Crippen molar-refractivity contribution in [3.8, 4) is 5.69 Å². The average molecular weight is 310 g/mol. The lowest BCUT2D eigenvalue weighted by Gasteiger charge is -2.08. The van der Waals surface area contributed by atoms with Crippen molar-refractivity contribution in [1.29, 1.82) is 0 Å². The highest BCUT2D eigenvalue weighted by Gasteiger charge is 2.19. The molecule has 1 aromatic heterocycles. The highest BCUT2D eigenvalue weighted by Crippen LogP contribution is 2.21. The predicted molar refractivity (Wildman–Crippen MR) is 70.1 cm³/mol. The average Bonchev–Trinajstić information content (AvgIpc) is 2.75. The van der Waals surface area contributed by atoms with E-state index in [2.05, 4.69) is 26.2 Å². The van der Waals surface area contributed by atoms with E-state index < -0.39 is 5.97 Å². The van der Waals surface area contributed by atoms with Crippen LogP contribution in [0.3, 0.4) is 0 Å². The maximum absolute atomic E-state index is 11.1. The normalized spacial score (nSPS) is 10.6. The molecular formula is C12H12BrN3O2. The third-order valence-corrected chi connectivity index (χ3v) is 3.19. The van der Waals surface area contributed by atoms with Crippen LogP contribution in [0.25, 0.3) is 5.69 Å². The molecule has 0 aliphatic heterocycles. The van der Waals surface area contributed by atoms with Crippen LogP contribution in [0.4, 0.5) is 0 Å². The summed E-state index contributed by atoms with van der Waals surface area (Å²) in [5.74, 6) is -1.05. The van der Waals surface area contributed by atoms with Gasteiger partial charge in [0.1, 0.15) is 0 Å². The fraction of sp³-hybridized carbons (Fsp3) is 0.250. The van der Waals surface area contributed by atoms with E-state index >= 15 is 0 Å². The van der Waals surface area contributed by atoms with Gasteiger partial charge in [-0.25, -0.2) is 9.48 Å². The Kier molecular flexibility index (Phi) is 3.47. The fourth-order valence-electron chi connectivity index (χ4n) is 1.79. The molecule has 1 heterocycles. The predicted octanol–water partition coefficient (Wildman–Crippen LogP) is 2.60. The highest BCUT2D eigenvalue weighted by atomic mass is 79.9. The van der Waals surface area contributed by atoms with E-state index in [1.807, 2.05) is 32.0 Å². The molecule has 0 fully saturated rings. The van der Waals surface area contributed by atoms with Crippen LogP contribution >= 0.6 is 15.9 Å². The first kappa shape index (κ1) is 12.8. The number of carboxylic acids is 1. The molecule has 0 saturated carbocycles. The lowest BCUT2D eigenvalue weighted by molar-refractivity contribution is 0.0689. The van der Waals surface area contributed by atoms with Crippen LogP contribution in [0.15, 0.2) is 22.7 Å². The Morgan fingerprint density at radius 3 is 2.83 bits per heavy atom. The van der Waals surface area contributed by atoms with Gasteiger partial charge in [0.15, 0.2) is 5.69 Å². The minimum Gasteiger partial charge on any atom is -0.476 e. The summed E-state index contributed by atoms with van der Waals surface area (Å²) in [6.07, 6.45) is 0.556. The van der Waals surface area contributed by atoms with Crippen molar-refractivity contribution < 1.29 is 9.90 Å². The van der Waals surface area contributed by atoms with Gasteiger partial charge in [-0.15, -0.1) is 5.10 Å². The standard InChI is InChI=1S/C12H12BrN3O2/c1-3-9-11(12(17)18)14-15-16(9)10-6-8(13)5-4-7(10)2/h4-6H,3H2,1-2H3,(H,17,18). The number of halogens is 1. The summed E-state index contributed by atoms with van der Waals surface area (Å²) < 4.78 is 2.50. The van der Waals surface area contributed by atoms with Crippen molar-refractivity contribution in [3.05, 3.63) is 39.6 Å². The van der Waals surface area contributed by atoms with Crippen LogP contribution in [0.2, 0.25) is 0 Å². The molecule has 18 heavy (non-hydrogen) atoms. The summed E-state index contributed by atoms with van der Waals surface area (Å²) in [4.78, 5) is 11.1. The Morgan fingerprint density at radius 2 is 2.22 bits per heavy atom. The van der Waals surface area contributed by atoms with Crippen molar-refractivity contribution in [2.24, 2.45) is 0 Å². The number of aromatic nitrogens is 3. The van der Waals surface area contributed by atoms with Gasteiger partial charge in [-0.2, -0.15) is 0 Å². The topological polar surface area (TPSA) is 68.0 Å². The molecule has 0 spiro atoms. The van der Waals surface area contributed by atoms with Crippen molar-refractivity contribution in [2.75, 3.05) is 0 Å². The molecule has 0 unspecified atom stereocenters. The number of aryl methyl sites for hydroxylation is 1. The molecule has 0 atom stereocenters. The van der Waals surface area contributed by atoms with E-state index in [9.17, 15) is 4.79 Å². The molecular weight excluding hydrogens is 298 g/mol. The second-order valence-electron chi connectivity index (χ2n) is 3.89. The first-order valence-electron chi connectivity index (χ1n) is 5.49. The molecule has 1 N–H and O–H groups in total. The van der Waals surface area contributed by atoms with Gasteiger partial charge in [0, 0.05) is 4.47 Å². The maximum Gasteiger partial charge on any atom is 0.358 e. The summed E-state index contributed by atoms with van der Waals surface area (Å²) in [5, 5.41) is 16.7. The molecule has 1 aromatic carbocycles. The van der Waals surface area contributed by atoms with E-state index in [1.165, 1.54) is 0 Å². The molecule has 0 aliphatic carbocycles. The Labute approximate surface area is 113 Å². The zero-order chi connectivity index (χ0) is 13.3. The second-order valence-corrected chi connectivity index (χ2v) is 4.80. The summed E-state index contributed by atoms with van der Waals surface area (Å²) in [6.45, 7) is 3.83. The summed E-state index contributed by atoms with van der Waals surface area (Å²) in [6, 6.07) is 5.77.